The number of aromatic nitrogens is 6. The van der Waals surface area contributed by atoms with Gasteiger partial charge in [-0.2, -0.15) is 10.1 Å². The van der Waals surface area contributed by atoms with Gasteiger partial charge in [0.25, 0.3) is 0 Å². The number of nitrogens with zero attached hydrogens (tertiary/aromatic N) is 5. The van der Waals surface area contributed by atoms with Gasteiger partial charge in [-0.1, -0.05) is 17.7 Å². The number of nitrogens with one attached hydrogen (secondary N) is 3. The number of benzene rings is 2. The highest BCUT2D eigenvalue weighted by atomic mass is 35.5. The lowest BCUT2D eigenvalue weighted by Crippen LogP contribution is -2.36. The molecule has 0 radical (unpaired) electrons. The normalized spacial score (nSPS) is 12.9. The summed E-state index contributed by atoms with van der Waals surface area (Å²) in [4.78, 5) is 8.93. The fourth-order valence-electron chi connectivity index (χ4n) is 3.96. The Morgan fingerprint density at radius 2 is 2.03 bits per heavy atom. The quantitative estimate of drug-likeness (QED) is 0.194. The van der Waals surface area contributed by atoms with E-state index in [0.717, 1.165) is 22.2 Å². The van der Waals surface area contributed by atoms with Crippen LogP contribution in [0.4, 0.5) is 11.6 Å². The molecule has 2 aromatic carbocycles. The summed E-state index contributed by atoms with van der Waals surface area (Å²) in [6.07, 6.45) is 2.49. The van der Waals surface area contributed by atoms with Crippen molar-refractivity contribution < 1.29 is 14.6 Å². The van der Waals surface area contributed by atoms with E-state index in [9.17, 15) is 5.11 Å². The summed E-state index contributed by atoms with van der Waals surface area (Å²) in [5.41, 5.74) is 3.10. The molecule has 0 aliphatic rings. The predicted molar refractivity (Wildman–Crippen MR) is 145 cm³/mol. The first kappa shape index (κ1) is 25.5. The van der Waals surface area contributed by atoms with Gasteiger partial charge in [0.2, 0.25) is 5.95 Å². The van der Waals surface area contributed by atoms with Crippen LogP contribution in [0, 0.1) is 0 Å². The molecule has 11 nitrogen and oxygen atoms in total. The van der Waals surface area contributed by atoms with E-state index in [1.54, 1.807) is 43.4 Å². The lowest BCUT2D eigenvalue weighted by atomic mass is 10.2. The van der Waals surface area contributed by atoms with Crippen molar-refractivity contribution in [2.75, 3.05) is 19.0 Å². The molecule has 12 heteroatoms. The van der Waals surface area contributed by atoms with Crippen molar-refractivity contribution in [2.45, 2.75) is 19.2 Å². The Bertz CT molecular complexity index is 1540. The molecule has 0 bridgehead atoms. The number of methoxy groups -OCH3 is 1. The third-order valence-electron chi connectivity index (χ3n) is 5.96. The number of H-pyrrole nitrogens is 1. The molecule has 0 amide bonds. The molecule has 196 valence electrons. The number of hydrogen-bond acceptors (Lipinski definition) is 9. The fraction of sp³-hybridized carbons (Fsp3) is 0.231. The minimum absolute atomic E-state index is 0.0184. The molecule has 5 rings (SSSR count). The van der Waals surface area contributed by atoms with Crippen LogP contribution in [-0.4, -0.2) is 55.0 Å². The molecule has 4 N–H and O–H groups in total. The van der Waals surface area contributed by atoms with Crippen LogP contribution in [0.25, 0.3) is 22.3 Å². The van der Waals surface area contributed by atoms with Gasteiger partial charge in [-0.25, -0.2) is 4.68 Å². The molecule has 0 spiro atoms. The van der Waals surface area contributed by atoms with Gasteiger partial charge in [0.05, 0.1) is 35.2 Å². The first-order valence-electron chi connectivity index (χ1n) is 11.9. The molecule has 0 fully saturated rings. The van der Waals surface area contributed by atoms with Crippen LogP contribution in [0.5, 0.6) is 11.5 Å². The lowest BCUT2D eigenvalue weighted by molar-refractivity contribution is 0.0683. The highest BCUT2D eigenvalue weighted by Gasteiger charge is 2.17. The Hall–Kier alpha value is -4.19. The standard InChI is InChI=1S/C26H27ClN8O3/c1-15(18-6-4-5-11-28-18)30-23(36)14-38-21-10-7-16(12-22(21)37-3)25-32-26(35(2)34-25)31-20-9-8-19-17(24(20)27)13-29-33-19/h4-13,15,23,30,36H,14H2,1-3H3,(H,29,33)(H,31,32,34). The zero-order chi connectivity index (χ0) is 26.6. The van der Waals surface area contributed by atoms with Gasteiger partial charge < -0.3 is 19.9 Å². The predicted octanol–water partition coefficient (Wildman–Crippen LogP) is 4.21. The molecule has 2 unspecified atom stereocenters. The summed E-state index contributed by atoms with van der Waals surface area (Å²) in [7, 11) is 3.34. The number of rotatable bonds is 10. The zero-order valence-electron chi connectivity index (χ0n) is 21.0. The Morgan fingerprint density at radius 3 is 2.82 bits per heavy atom. The second-order valence-corrected chi connectivity index (χ2v) is 8.98. The molecule has 38 heavy (non-hydrogen) atoms. The number of pyridine rings is 1. The Labute approximate surface area is 223 Å². The van der Waals surface area contributed by atoms with Crippen LogP contribution in [0.1, 0.15) is 18.7 Å². The maximum Gasteiger partial charge on any atom is 0.225 e. The van der Waals surface area contributed by atoms with E-state index < -0.39 is 6.23 Å². The minimum Gasteiger partial charge on any atom is -0.493 e. The van der Waals surface area contributed by atoms with Gasteiger partial charge >= 0.3 is 0 Å². The number of aromatic amines is 1. The van der Waals surface area contributed by atoms with Gasteiger partial charge in [-0.15, -0.1) is 5.10 Å². The Balaban J connectivity index is 1.27. The molecule has 0 saturated heterocycles. The first-order valence-corrected chi connectivity index (χ1v) is 12.3. The van der Waals surface area contributed by atoms with Crippen LogP contribution in [0.3, 0.4) is 0 Å². The van der Waals surface area contributed by atoms with Crippen molar-refractivity contribution in [1.82, 2.24) is 35.3 Å². The van der Waals surface area contributed by atoms with Crippen molar-refractivity contribution in [3.8, 4) is 22.9 Å². The number of hydrogen-bond donors (Lipinski definition) is 4. The van der Waals surface area contributed by atoms with E-state index in [4.69, 9.17) is 21.1 Å². The molecular formula is C26H27ClN8O3. The van der Waals surface area contributed by atoms with E-state index >= 15 is 0 Å². The minimum atomic E-state index is -0.907. The number of halogens is 1. The van der Waals surface area contributed by atoms with Crippen LogP contribution in [0.15, 0.2) is 60.9 Å². The lowest BCUT2D eigenvalue weighted by Gasteiger charge is -2.20. The van der Waals surface area contributed by atoms with Crippen molar-refractivity contribution in [1.29, 1.82) is 0 Å². The van der Waals surface area contributed by atoms with Gasteiger partial charge in [-0.05, 0) is 49.4 Å². The third-order valence-corrected chi connectivity index (χ3v) is 6.37. The summed E-state index contributed by atoms with van der Waals surface area (Å²) in [5.74, 6) is 1.98. The summed E-state index contributed by atoms with van der Waals surface area (Å²) in [6.45, 7) is 1.94. The summed E-state index contributed by atoms with van der Waals surface area (Å²) < 4.78 is 13.0. The fourth-order valence-corrected chi connectivity index (χ4v) is 4.23. The Morgan fingerprint density at radius 1 is 1.16 bits per heavy atom. The van der Waals surface area contributed by atoms with Crippen LogP contribution in [0.2, 0.25) is 5.02 Å². The maximum absolute atomic E-state index is 10.4. The highest BCUT2D eigenvalue weighted by Crippen LogP contribution is 2.34. The van der Waals surface area contributed by atoms with Crippen molar-refractivity contribution in [3.05, 3.63) is 71.6 Å². The maximum atomic E-state index is 10.4. The number of anilines is 2. The molecule has 0 saturated carbocycles. The average molecular weight is 535 g/mol. The van der Waals surface area contributed by atoms with Gasteiger partial charge in [0, 0.05) is 30.2 Å². The third kappa shape index (κ3) is 5.40. The summed E-state index contributed by atoms with van der Waals surface area (Å²) in [6, 6.07) is 14.6. The molecule has 0 aliphatic heterocycles. The molecule has 2 atom stereocenters. The van der Waals surface area contributed by atoms with E-state index in [0.29, 0.717) is 34.0 Å². The smallest absolute Gasteiger partial charge is 0.225 e. The van der Waals surface area contributed by atoms with E-state index in [2.05, 4.69) is 35.9 Å². The van der Waals surface area contributed by atoms with Gasteiger partial charge in [0.1, 0.15) is 12.8 Å². The zero-order valence-corrected chi connectivity index (χ0v) is 21.8. The first-order chi connectivity index (χ1) is 18.4. The highest BCUT2D eigenvalue weighted by molar-refractivity contribution is 6.38. The van der Waals surface area contributed by atoms with Crippen LogP contribution >= 0.6 is 11.6 Å². The van der Waals surface area contributed by atoms with Crippen LogP contribution < -0.4 is 20.1 Å². The summed E-state index contributed by atoms with van der Waals surface area (Å²) in [5, 5.41) is 29.5. The molecule has 0 aliphatic carbocycles. The molecule has 3 heterocycles. The van der Waals surface area contributed by atoms with Crippen molar-refractivity contribution >= 4 is 34.1 Å². The largest absolute Gasteiger partial charge is 0.493 e. The van der Waals surface area contributed by atoms with E-state index in [1.165, 1.54) is 0 Å². The van der Waals surface area contributed by atoms with Gasteiger partial charge in [0.15, 0.2) is 17.3 Å². The van der Waals surface area contributed by atoms with Crippen molar-refractivity contribution in [2.24, 2.45) is 7.05 Å². The second kappa shape index (κ2) is 11.1. The average Bonchev–Trinajstić information content (AvgIpc) is 3.56. The summed E-state index contributed by atoms with van der Waals surface area (Å²) >= 11 is 6.54. The molecule has 5 aromatic rings. The molecule has 3 aromatic heterocycles. The van der Waals surface area contributed by atoms with E-state index in [1.807, 2.05) is 43.3 Å². The van der Waals surface area contributed by atoms with Crippen LogP contribution in [-0.2, 0) is 7.05 Å². The van der Waals surface area contributed by atoms with E-state index in [-0.39, 0.29) is 12.6 Å². The monoisotopic (exact) mass is 534 g/mol. The number of aliphatic hydroxyl groups is 1. The van der Waals surface area contributed by atoms with Crippen molar-refractivity contribution in [3.63, 3.8) is 0 Å². The number of aliphatic hydroxyl groups excluding tert-OH is 1. The number of aryl methyl sites for hydroxylation is 1. The second-order valence-electron chi connectivity index (χ2n) is 8.60. The molecular weight excluding hydrogens is 508 g/mol. The number of fused-ring (bicyclic) bond motifs is 1. The van der Waals surface area contributed by atoms with Gasteiger partial charge in [-0.3, -0.25) is 15.4 Å². The Kier molecular flexibility index (Phi) is 7.40. The SMILES string of the molecule is COc1cc(-c2nc(Nc3ccc4[nH]ncc4c3Cl)n(C)n2)ccc1OCC(O)NC(C)c1ccccn1. The number of ether oxygens (including phenoxy) is 2. The topological polar surface area (TPSA) is 135 Å².